The standard InChI is InChI=1S/C11H10N2O4/c1-17-11(16)8-5-7(12-13-8)6-2-3-9(14)10(15)4-6/h2-5,14-15H,1H3,(H,12,13). The number of nitrogens with one attached hydrogen (secondary N) is 1. The summed E-state index contributed by atoms with van der Waals surface area (Å²) in [6, 6.07) is 5.77. The molecule has 17 heavy (non-hydrogen) atoms. The molecule has 1 aromatic heterocycles. The molecule has 1 heterocycles. The average molecular weight is 234 g/mol. The van der Waals surface area contributed by atoms with Gasteiger partial charge in [-0.2, -0.15) is 5.10 Å². The lowest BCUT2D eigenvalue weighted by Crippen LogP contribution is -2.00. The highest BCUT2D eigenvalue weighted by atomic mass is 16.5. The highest BCUT2D eigenvalue weighted by Gasteiger charge is 2.11. The molecule has 0 saturated heterocycles. The number of hydrogen-bond donors (Lipinski definition) is 3. The van der Waals surface area contributed by atoms with Crippen molar-refractivity contribution in [3.05, 3.63) is 30.0 Å². The first-order chi connectivity index (χ1) is 8.11. The van der Waals surface area contributed by atoms with Gasteiger partial charge in [-0.05, 0) is 24.3 Å². The second-order valence-electron chi connectivity index (χ2n) is 3.36. The Kier molecular flexibility index (Phi) is 2.70. The average Bonchev–Trinajstić information content (AvgIpc) is 2.81. The van der Waals surface area contributed by atoms with E-state index in [1.165, 1.54) is 25.3 Å². The molecule has 6 heteroatoms. The molecule has 0 aliphatic rings. The summed E-state index contributed by atoms with van der Waals surface area (Å²) in [7, 11) is 1.27. The zero-order chi connectivity index (χ0) is 12.4. The number of nitrogens with zero attached hydrogens (tertiary/aromatic N) is 1. The van der Waals surface area contributed by atoms with Crippen LogP contribution in [0.4, 0.5) is 0 Å². The first-order valence-corrected chi connectivity index (χ1v) is 4.78. The fourth-order valence-corrected chi connectivity index (χ4v) is 1.37. The van der Waals surface area contributed by atoms with Crippen LogP contribution in [0.2, 0.25) is 0 Å². The molecule has 0 atom stereocenters. The highest BCUT2D eigenvalue weighted by molar-refractivity contribution is 5.88. The molecular weight excluding hydrogens is 224 g/mol. The van der Waals surface area contributed by atoms with Crippen molar-refractivity contribution in [1.29, 1.82) is 0 Å². The van der Waals surface area contributed by atoms with Gasteiger partial charge in [0.05, 0.1) is 12.8 Å². The number of aromatic amines is 1. The molecule has 0 fully saturated rings. The number of rotatable bonds is 2. The number of methoxy groups -OCH3 is 1. The third-order valence-corrected chi connectivity index (χ3v) is 2.25. The number of hydrogen-bond acceptors (Lipinski definition) is 5. The molecular formula is C11H10N2O4. The van der Waals surface area contributed by atoms with Gasteiger partial charge in [-0.25, -0.2) is 4.79 Å². The van der Waals surface area contributed by atoms with Crippen molar-refractivity contribution >= 4 is 5.97 Å². The van der Waals surface area contributed by atoms with Gasteiger partial charge >= 0.3 is 5.97 Å². The number of aromatic nitrogens is 2. The Hall–Kier alpha value is -2.50. The summed E-state index contributed by atoms with van der Waals surface area (Å²) in [5, 5.41) is 24.9. The number of carbonyl (C=O) groups is 1. The molecule has 0 saturated carbocycles. The molecule has 2 rings (SSSR count). The lowest BCUT2D eigenvalue weighted by Gasteiger charge is -1.99. The van der Waals surface area contributed by atoms with Gasteiger partial charge in [0.25, 0.3) is 0 Å². The van der Waals surface area contributed by atoms with Crippen LogP contribution in [0.25, 0.3) is 11.3 Å². The summed E-state index contributed by atoms with van der Waals surface area (Å²) < 4.78 is 4.53. The minimum atomic E-state index is -0.522. The summed E-state index contributed by atoms with van der Waals surface area (Å²) >= 11 is 0. The number of phenolic OH excluding ortho intramolecular Hbond substituents is 2. The van der Waals surface area contributed by atoms with Crippen LogP contribution in [-0.4, -0.2) is 33.5 Å². The Morgan fingerprint density at radius 3 is 2.71 bits per heavy atom. The molecule has 0 aliphatic carbocycles. The van der Waals surface area contributed by atoms with Crippen molar-refractivity contribution in [3.8, 4) is 22.8 Å². The Labute approximate surface area is 96.5 Å². The molecule has 0 bridgehead atoms. The minimum Gasteiger partial charge on any atom is -0.504 e. The van der Waals surface area contributed by atoms with Gasteiger partial charge in [0.2, 0.25) is 0 Å². The van der Waals surface area contributed by atoms with Crippen LogP contribution in [-0.2, 0) is 4.74 Å². The third kappa shape index (κ3) is 2.05. The van der Waals surface area contributed by atoms with Gasteiger partial charge in [-0.3, -0.25) is 5.10 Å². The summed E-state index contributed by atoms with van der Waals surface area (Å²) in [5.74, 6) is -0.977. The Morgan fingerprint density at radius 1 is 1.29 bits per heavy atom. The topological polar surface area (TPSA) is 95.4 Å². The van der Waals surface area contributed by atoms with Crippen LogP contribution in [0.1, 0.15) is 10.5 Å². The van der Waals surface area contributed by atoms with Crippen LogP contribution in [0.5, 0.6) is 11.5 Å². The number of ether oxygens (including phenoxy) is 1. The Balaban J connectivity index is 2.37. The number of esters is 1. The van der Waals surface area contributed by atoms with Gasteiger partial charge in [-0.15, -0.1) is 0 Å². The van der Waals surface area contributed by atoms with Gasteiger partial charge in [0.1, 0.15) is 5.69 Å². The Bertz CT molecular complexity index is 562. The van der Waals surface area contributed by atoms with E-state index in [1.54, 1.807) is 6.07 Å². The largest absolute Gasteiger partial charge is 0.504 e. The number of phenols is 2. The predicted octanol–water partition coefficient (Wildman–Crippen LogP) is 1.27. The lowest BCUT2D eigenvalue weighted by atomic mass is 10.1. The predicted molar refractivity (Wildman–Crippen MR) is 58.7 cm³/mol. The zero-order valence-corrected chi connectivity index (χ0v) is 8.97. The van der Waals surface area contributed by atoms with Crippen LogP contribution in [0, 0.1) is 0 Å². The van der Waals surface area contributed by atoms with Crippen LogP contribution in [0.3, 0.4) is 0 Å². The molecule has 0 amide bonds. The van der Waals surface area contributed by atoms with E-state index >= 15 is 0 Å². The number of aromatic hydroxyl groups is 2. The highest BCUT2D eigenvalue weighted by Crippen LogP contribution is 2.29. The van der Waals surface area contributed by atoms with Gasteiger partial charge in [-0.1, -0.05) is 0 Å². The van der Waals surface area contributed by atoms with Gasteiger partial charge in [0, 0.05) is 5.56 Å². The smallest absolute Gasteiger partial charge is 0.356 e. The summed E-state index contributed by atoms with van der Waals surface area (Å²) in [4.78, 5) is 11.2. The SMILES string of the molecule is COC(=O)c1cc(-c2ccc(O)c(O)c2)n[nH]1. The minimum absolute atomic E-state index is 0.211. The monoisotopic (exact) mass is 234 g/mol. The van der Waals surface area contributed by atoms with E-state index in [1.807, 2.05) is 0 Å². The number of benzene rings is 1. The van der Waals surface area contributed by atoms with Crippen molar-refractivity contribution < 1.29 is 19.7 Å². The third-order valence-electron chi connectivity index (χ3n) is 2.25. The quantitative estimate of drug-likeness (QED) is 0.537. The van der Waals surface area contributed by atoms with Crippen molar-refractivity contribution in [2.45, 2.75) is 0 Å². The van der Waals surface area contributed by atoms with E-state index in [2.05, 4.69) is 14.9 Å². The summed E-state index contributed by atoms with van der Waals surface area (Å²) in [6.07, 6.45) is 0. The van der Waals surface area contributed by atoms with E-state index in [4.69, 9.17) is 5.11 Å². The molecule has 1 aromatic carbocycles. The van der Waals surface area contributed by atoms with E-state index in [0.29, 0.717) is 11.3 Å². The first kappa shape index (κ1) is 11.0. The maximum absolute atomic E-state index is 11.2. The lowest BCUT2D eigenvalue weighted by molar-refractivity contribution is 0.0594. The van der Waals surface area contributed by atoms with E-state index < -0.39 is 5.97 Å². The van der Waals surface area contributed by atoms with Crippen molar-refractivity contribution in [2.75, 3.05) is 7.11 Å². The second kappa shape index (κ2) is 4.17. The zero-order valence-electron chi connectivity index (χ0n) is 8.97. The van der Waals surface area contributed by atoms with E-state index in [0.717, 1.165) is 0 Å². The summed E-state index contributed by atoms with van der Waals surface area (Å²) in [6.45, 7) is 0. The van der Waals surface area contributed by atoms with Gasteiger partial charge < -0.3 is 14.9 Å². The first-order valence-electron chi connectivity index (χ1n) is 4.78. The number of H-pyrrole nitrogens is 1. The fourth-order valence-electron chi connectivity index (χ4n) is 1.37. The van der Waals surface area contributed by atoms with Crippen LogP contribution in [0.15, 0.2) is 24.3 Å². The fraction of sp³-hybridized carbons (Fsp3) is 0.0909. The normalized spacial score (nSPS) is 10.2. The molecule has 0 radical (unpaired) electrons. The summed E-state index contributed by atoms with van der Waals surface area (Å²) in [5.41, 5.74) is 1.27. The molecule has 6 nitrogen and oxygen atoms in total. The molecule has 88 valence electrons. The van der Waals surface area contributed by atoms with Crippen LogP contribution < -0.4 is 0 Å². The van der Waals surface area contributed by atoms with E-state index in [-0.39, 0.29) is 17.2 Å². The molecule has 0 aliphatic heterocycles. The number of carbonyl (C=O) groups excluding carboxylic acids is 1. The van der Waals surface area contributed by atoms with Gasteiger partial charge in [0.15, 0.2) is 11.5 Å². The van der Waals surface area contributed by atoms with Crippen molar-refractivity contribution in [2.24, 2.45) is 0 Å². The maximum atomic E-state index is 11.2. The maximum Gasteiger partial charge on any atom is 0.356 e. The van der Waals surface area contributed by atoms with Crippen molar-refractivity contribution in [1.82, 2.24) is 10.2 Å². The molecule has 3 N–H and O–H groups in total. The Morgan fingerprint density at radius 2 is 2.06 bits per heavy atom. The van der Waals surface area contributed by atoms with Crippen LogP contribution >= 0.6 is 0 Å². The van der Waals surface area contributed by atoms with Crippen molar-refractivity contribution in [3.63, 3.8) is 0 Å². The molecule has 2 aromatic rings. The molecule has 0 spiro atoms. The molecule has 0 unspecified atom stereocenters. The second-order valence-corrected chi connectivity index (χ2v) is 3.36. The van der Waals surface area contributed by atoms with E-state index in [9.17, 15) is 9.90 Å².